The highest BCUT2D eigenvalue weighted by Crippen LogP contribution is 2.21. The van der Waals surface area contributed by atoms with Crippen LogP contribution in [-0.2, 0) is 9.84 Å². The van der Waals surface area contributed by atoms with Crippen LogP contribution in [0.15, 0.2) is 24.3 Å². The summed E-state index contributed by atoms with van der Waals surface area (Å²) in [6.07, 6.45) is 0.631. The number of ether oxygens (including phenoxy) is 1. The van der Waals surface area contributed by atoms with Gasteiger partial charge in [-0.2, -0.15) is 5.26 Å². The molecule has 0 bridgehead atoms. The van der Waals surface area contributed by atoms with E-state index in [1.807, 2.05) is 12.1 Å². The first-order chi connectivity index (χ1) is 8.59. The van der Waals surface area contributed by atoms with Crippen LogP contribution in [0.1, 0.15) is 6.42 Å². The van der Waals surface area contributed by atoms with E-state index < -0.39 is 9.84 Å². The molecule has 1 unspecified atom stereocenters. The van der Waals surface area contributed by atoms with Crippen molar-refractivity contribution in [2.45, 2.75) is 12.5 Å². The van der Waals surface area contributed by atoms with Crippen molar-refractivity contribution in [3.8, 4) is 11.8 Å². The van der Waals surface area contributed by atoms with Gasteiger partial charge in [0.05, 0.1) is 11.5 Å². The average Bonchev–Trinajstić information content (AvgIpc) is 2.66. The van der Waals surface area contributed by atoms with Crippen LogP contribution >= 0.6 is 0 Å². The molecule has 18 heavy (non-hydrogen) atoms. The Balaban J connectivity index is 2.00. The summed E-state index contributed by atoms with van der Waals surface area (Å²) < 4.78 is 27.9. The van der Waals surface area contributed by atoms with E-state index in [2.05, 4.69) is 5.32 Å². The molecule has 0 saturated carbocycles. The number of nitrogens with zero attached hydrogens (tertiary/aromatic N) is 1. The lowest BCUT2D eigenvalue weighted by Crippen LogP contribution is -2.20. The van der Waals surface area contributed by atoms with E-state index in [1.165, 1.54) is 0 Å². The second-order valence-corrected chi connectivity index (χ2v) is 6.45. The van der Waals surface area contributed by atoms with E-state index in [-0.39, 0.29) is 24.2 Å². The zero-order valence-electron chi connectivity index (χ0n) is 9.80. The Kier molecular flexibility index (Phi) is 3.72. The van der Waals surface area contributed by atoms with Crippen LogP contribution < -0.4 is 10.1 Å². The fourth-order valence-corrected chi connectivity index (χ4v) is 3.61. The summed E-state index contributed by atoms with van der Waals surface area (Å²) in [4.78, 5) is 0. The van der Waals surface area contributed by atoms with Crippen LogP contribution in [0.5, 0.6) is 5.75 Å². The summed E-state index contributed by atoms with van der Waals surface area (Å²) in [6, 6.07) is 9.04. The quantitative estimate of drug-likeness (QED) is 0.885. The first-order valence-electron chi connectivity index (χ1n) is 5.66. The molecule has 2 rings (SSSR count). The van der Waals surface area contributed by atoms with E-state index in [0.29, 0.717) is 12.2 Å². The van der Waals surface area contributed by atoms with Gasteiger partial charge in [-0.15, -0.1) is 0 Å². The second-order valence-electron chi connectivity index (χ2n) is 4.22. The molecule has 1 aliphatic rings. The van der Waals surface area contributed by atoms with Crippen molar-refractivity contribution < 1.29 is 13.2 Å². The molecule has 0 amide bonds. The van der Waals surface area contributed by atoms with Gasteiger partial charge in [0.1, 0.15) is 11.8 Å². The van der Waals surface area contributed by atoms with Crippen molar-refractivity contribution in [1.29, 1.82) is 5.26 Å². The molecular formula is C12H14N2O3S. The number of nitriles is 1. The minimum absolute atomic E-state index is 0.00125. The molecule has 1 atom stereocenters. The predicted octanol–water partition coefficient (Wildman–Crippen LogP) is 1.19. The maximum absolute atomic E-state index is 11.3. The van der Waals surface area contributed by atoms with E-state index in [9.17, 15) is 8.42 Å². The Morgan fingerprint density at radius 1 is 1.50 bits per heavy atom. The summed E-state index contributed by atoms with van der Waals surface area (Å²) in [5, 5.41) is 11.6. The number of benzene rings is 1. The van der Waals surface area contributed by atoms with Gasteiger partial charge in [-0.05, 0) is 18.6 Å². The summed E-state index contributed by atoms with van der Waals surface area (Å²) in [5.41, 5.74) is 0.813. The number of hydrogen-bond acceptors (Lipinski definition) is 5. The molecule has 0 spiro atoms. The molecule has 5 nitrogen and oxygen atoms in total. The largest absolute Gasteiger partial charge is 0.479 e. The van der Waals surface area contributed by atoms with Crippen LogP contribution in [0.4, 0.5) is 5.69 Å². The maximum atomic E-state index is 11.3. The Morgan fingerprint density at radius 2 is 2.33 bits per heavy atom. The molecule has 1 N–H and O–H groups in total. The topological polar surface area (TPSA) is 79.2 Å². The minimum Gasteiger partial charge on any atom is -0.479 e. The molecule has 1 heterocycles. The van der Waals surface area contributed by atoms with E-state index in [4.69, 9.17) is 10.00 Å². The third-order valence-electron chi connectivity index (χ3n) is 2.74. The van der Waals surface area contributed by atoms with E-state index >= 15 is 0 Å². The molecule has 1 saturated heterocycles. The molecule has 1 aromatic carbocycles. The van der Waals surface area contributed by atoms with Gasteiger partial charge < -0.3 is 10.1 Å². The Hall–Kier alpha value is -1.74. The monoisotopic (exact) mass is 266 g/mol. The fourth-order valence-electron chi connectivity index (χ4n) is 1.94. The summed E-state index contributed by atoms with van der Waals surface area (Å²) in [7, 11) is -2.88. The van der Waals surface area contributed by atoms with Gasteiger partial charge in [0.2, 0.25) is 0 Å². The minimum atomic E-state index is -2.88. The molecule has 1 fully saturated rings. The number of rotatable bonds is 4. The first-order valence-corrected chi connectivity index (χ1v) is 7.48. The van der Waals surface area contributed by atoms with Crippen molar-refractivity contribution in [1.82, 2.24) is 0 Å². The fraction of sp³-hybridized carbons (Fsp3) is 0.417. The van der Waals surface area contributed by atoms with Crippen molar-refractivity contribution >= 4 is 15.5 Å². The highest BCUT2D eigenvalue weighted by molar-refractivity contribution is 7.91. The molecule has 1 aromatic rings. The van der Waals surface area contributed by atoms with Gasteiger partial charge in [0.25, 0.3) is 0 Å². The smallest absolute Gasteiger partial charge is 0.174 e. The highest BCUT2D eigenvalue weighted by atomic mass is 32.2. The first kappa shape index (κ1) is 12.7. The number of anilines is 1. The average molecular weight is 266 g/mol. The van der Waals surface area contributed by atoms with Crippen molar-refractivity contribution in [2.75, 3.05) is 23.4 Å². The van der Waals surface area contributed by atoms with Gasteiger partial charge >= 0.3 is 0 Å². The SMILES string of the molecule is N#CCOc1cccc(NC2CCS(=O)(=O)C2)c1. The normalized spacial score (nSPS) is 21.2. The number of nitrogens with one attached hydrogen (secondary N) is 1. The van der Waals surface area contributed by atoms with Crippen LogP contribution in [0, 0.1) is 11.3 Å². The Morgan fingerprint density at radius 3 is 3.00 bits per heavy atom. The molecule has 6 heteroatoms. The summed E-state index contributed by atoms with van der Waals surface area (Å²) in [6.45, 7) is 0.00125. The second kappa shape index (κ2) is 5.27. The third-order valence-corrected chi connectivity index (χ3v) is 4.51. The zero-order chi connectivity index (χ0) is 13.0. The van der Waals surface area contributed by atoms with Gasteiger partial charge in [-0.3, -0.25) is 0 Å². The number of hydrogen-bond donors (Lipinski definition) is 1. The van der Waals surface area contributed by atoms with Crippen molar-refractivity contribution in [3.63, 3.8) is 0 Å². The lowest BCUT2D eigenvalue weighted by atomic mass is 10.2. The standard InChI is InChI=1S/C12H14N2O3S/c13-5-6-17-12-3-1-2-10(8-12)14-11-4-7-18(15,16)9-11/h1-3,8,11,14H,4,6-7,9H2. The molecule has 96 valence electrons. The maximum Gasteiger partial charge on any atom is 0.174 e. The molecule has 0 radical (unpaired) electrons. The van der Waals surface area contributed by atoms with Gasteiger partial charge in [-0.25, -0.2) is 8.42 Å². The number of sulfone groups is 1. The molecule has 1 aliphatic heterocycles. The third kappa shape index (κ3) is 3.37. The highest BCUT2D eigenvalue weighted by Gasteiger charge is 2.27. The van der Waals surface area contributed by atoms with Crippen molar-refractivity contribution in [3.05, 3.63) is 24.3 Å². The van der Waals surface area contributed by atoms with Gasteiger partial charge in [-0.1, -0.05) is 6.07 Å². The molecule has 0 aromatic heterocycles. The Bertz CT molecular complexity index is 563. The van der Waals surface area contributed by atoms with Gasteiger partial charge in [0, 0.05) is 17.8 Å². The van der Waals surface area contributed by atoms with E-state index in [0.717, 1.165) is 5.69 Å². The van der Waals surface area contributed by atoms with Crippen molar-refractivity contribution in [2.24, 2.45) is 0 Å². The van der Waals surface area contributed by atoms with Crippen LogP contribution in [0.25, 0.3) is 0 Å². The zero-order valence-corrected chi connectivity index (χ0v) is 10.6. The van der Waals surface area contributed by atoms with Crippen LogP contribution in [0.2, 0.25) is 0 Å². The lowest BCUT2D eigenvalue weighted by molar-refractivity contribution is 0.368. The van der Waals surface area contributed by atoms with Crippen LogP contribution in [-0.4, -0.2) is 32.6 Å². The predicted molar refractivity (Wildman–Crippen MR) is 68.2 cm³/mol. The van der Waals surface area contributed by atoms with Crippen LogP contribution in [0.3, 0.4) is 0 Å². The lowest BCUT2D eigenvalue weighted by Gasteiger charge is -2.13. The summed E-state index contributed by atoms with van der Waals surface area (Å²) in [5.74, 6) is 1.02. The molecule has 0 aliphatic carbocycles. The Labute approximate surface area is 106 Å². The van der Waals surface area contributed by atoms with Gasteiger partial charge in [0.15, 0.2) is 16.4 Å². The summed E-state index contributed by atoms with van der Waals surface area (Å²) >= 11 is 0. The molecular weight excluding hydrogens is 252 g/mol. The van der Waals surface area contributed by atoms with E-state index in [1.54, 1.807) is 18.2 Å².